The van der Waals surface area contributed by atoms with Crippen molar-refractivity contribution >= 4 is 17.5 Å². The molecule has 30 heavy (non-hydrogen) atoms. The molecule has 0 aliphatic carbocycles. The van der Waals surface area contributed by atoms with Crippen LogP contribution in [0.4, 0.5) is 5.69 Å². The van der Waals surface area contributed by atoms with Crippen LogP contribution in [-0.2, 0) is 16.0 Å². The lowest BCUT2D eigenvalue weighted by Crippen LogP contribution is -2.43. The Balaban J connectivity index is 1.34. The summed E-state index contributed by atoms with van der Waals surface area (Å²) in [7, 11) is 0. The van der Waals surface area contributed by atoms with Gasteiger partial charge in [-0.1, -0.05) is 18.2 Å². The summed E-state index contributed by atoms with van der Waals surface area (Å²) in [5.74, 6) is 0.184. The largest absolute Gasteiger partial charge is 0.381 e. The molecule has 1 aromatic heterocycles. The lowest BCUT2D eigenvalue weighted by molar-refractivity contribution is -0.142. The Bertz CT molecular complexity index is 934. The van der Waals surface area contributed by atoms with Crippen LogP contribution in [0.5, 0.6) is 0 Å². The third-order valence-electron chi connectivity index (χ3n) is 6.66. The highest BCUT2D eigenvalue weighted by molar-refractivity contribution is 6.06. The van der Waals surface area contributed by atoms with E-state index < -0.39 is 0 Å². The molecule has 5 rings (SSSR count). The van der Waals surface area contributed by atoms with Crippen LogP contribution >= 0.6 is 0 Å². The molecule has 0 saturated carbocycles. The van der Waals surface area contributed by atoms with E-state index in [4.69, 9.17) is 4.74 Å². The standard InChI is InChI=1S/C23H28N4O3/c28-22(17-9-13-30-14-10-17)26-11-4-3-7-21(26)18-15-19(25-24-18)23(29)27-12-8-16-5-1-2-6-20(16)27/h1-2,5-6,15,17,21H,3-4,7-14H2,(H,24,25). The summed E-state index contributed by atoms with van der Waals surface area (Å²) in [6.07, 6.45) is 5.46. The number of aromatic nitrogens is 2. The number of ether oxygens (including phenoxy) is 1. The number of rotatable bonds is 3. The first-order valence-corrected chi connectivity index (χ1v) is 11.1. The zero-order chi connectivity index (χ0) is 20.5. The van der Waals surface area contributed by atoms with E-state index in [9.17, 15) is 9.59 Å². The van der Waals surface area contributed by atoms with Gasteiger partial charge in [-0.05, 0) is 56.2 Å². The molecular weight excluding hydrogens is 380 g/mol. The van der Waals surface area contributed by atoms with Crippen molar-refractivity contribution in [3.05, 3.63) is 47.3 Å². The zero-order valence-corrected chi connectivity index (χ0v) is 17.2. The fourth-order valence-electron chi connectivity index (χ4n) is 5.00. The van der Waals surface area contributed by atoms with Gasteiger partial charge < -0.3 is 14.5 Å². The minimum Gasteiger partial charge on any atom is -0.381 e. The van der Waals surface area contributed by atoms with E-state index in [1.807, 2.05) is 29.2 Å². The molecule has 2 aromatic rings. The predicted octanol–water partition coefficient (Wildman–Crippen LogP) is 3.09. The van der Waals surface area contributed by atoms with E-state index >= 15 is 0 Å². The van der Waals surface area contributed by atoms with Crippen LogP contribution in [-0.4, -0.2) is 53.2 Å². The average molecular weight is 409 g/mol. The number of likely N-dealkylation sites (tertiary alicyclic amines) is 1. The van der Waals surface area contributed by atoms with E-state index in [0.29, 0.717) is 25.5 Å². The molecule has 1 unspecified atom stereocenters. The molecule has 158 valence electrons. The van der Waals surface area contributed by atoms with Gasteiger partial charge >= 0.3 is 0 Å². The fourth-order valence-corrected chi connectivity index (χ4v) is 5.00. The van der Waals surface area contributed by atoms with Gasteiger partial charge in [0.15, 0.2) is 5.69 Å². The van der Waals surface area contributed by atoms with Gasteiger partial charge in [-0.2, -0.15) is 5.10 Å². The number of fused-ring (bicyclic) bond motifs is 1. The summed E-state index contributed by atoms with van der Waals surface area (Å²) in [6.45, 7) is 2.77. The molecule has 0 spiro atoms. The summed E-state index contributed by atoms with van der Waals surface area (Å²) in [5.41, 5.74) is 3.46. The molecule has 3 aliphatic rings. The molecule has 4 heterocycles. The van der Waals surface area contributed by atoms with Crippen LogP contribution < -0.4 is 4.90 Å². The second kappa shape index (κ2) is 8.22. The number of piperidine rings is 1. The van der Waals surface area contributed by atoms with Crippen LogP contribution in [0.1, 0.15) is 59.9 Å². The maximum absolute atomic E-state index is 13.2. The smallest absolute Gasteiger partial charge is 0.278 e. The van der Waals surface area contributed by atoms with Gasteiger partial charge in [-0.15, -0.1) is 0 Å². The molecule has 1 atom stereocenters. The van der Waals surface area contributed by atoms with E-state index in [1.165, 1.54) is 5.56 Å². The first-order chi connectivity index (χ1) is 14.7. The Kier molecular flexibility index (Phi) is 5.29. The summed E-state index contributed by atoms with van der Waals surface area (Å²) >= 11 is 0. The average Bonchev–Trinajstić information content (AvgIpc) is 3.46. The highest BCUT2D eigenvalue weighted by Crippen LogP contribution is 2.34. The molecule has 7 heteroatoms. The van der Waals surface area contributed by atoms with Crippen LogP contribution in [0.2, 0.25) is 0 Å². The normalized spacial score (nSPS) is 22.2. The number of aromatic amines is 1. The van der Waals surface area contributed by atoms with Crippen molar-refractivity contribution in [1.82, 2.24) is 15.1 Å². The van der Waals surface area contributed by atoms with Crippen LogP contribution in [0.25, 0.3) is 0 Å². The SMILES string of the molecule is O=C(c1cc(C2CCCCN2C(=O)C2CCOCC2)[nH]n1)N1CCc2ccccc21. The predicted molar refractivity (Wildman–Crippen MR) is 112 cm³/mol. The number of anilines is 1. The van der Waals surface area contributed by atoms with Gasteiger partial charge in [0.25, 0.3) is 5.91 Å². The summed E-state index contributed by atoms with van der Waals surface area (Å²) in [6, 6.07) is 9.84. The monoisotopic (exact) mass is 408 g/mol. The van der Waals surface area contributed by atoms with Gasteiger partial charge in [-0.3, -0.25) is 14.7 Å². The van der Waals surface area contributed by atoms with Crippen molar-refractivity contribution in [2.75, 3.05) is 31.2 Å². The van der Waals surface area contributed by atoms with Crippen LogP contribution in [0, 0.1) is 5.92 Å². The number of H-pyrrole nitrogens is 1. The highest BCUT2D eigenvalue weighted by atomic mass is 16.5. The zero-order valence-electron chi connectivity index (χ0n) is 17.2. The number of carbonyl (C=O) groups is 2. The maximum atomic E-state index is 13.2. The van der Waals surface area contributed by atoms with E-state index in [-0.39, 0.29) is 23.8 Å². The quantitative estimate of drug-likeness (QED) is 0.847. The van der Waals surface area contributed by atoms with E-state index in [2.05, 4.69) is 16.3 Å². The highest BCUT2D eigenvalue weighted by Gasteiger charge is 2.35. The minimum atomic E-state index is -0.0828. The molecular formula is C23H28N4O3. The third-order valence-corrected chi connectivity index (χ3v) is 6.66. The maximum Gasteiger partial charge on any atom is 0.278 e. The van der Waals surface area contributed by atoms with Gasteiger partial charge in [0.2, 0.25) is 5.91 Å². The molecule has 3 aliphatic heterocycles. The van der Waals surface area contributed by atoms with Gasteiger partial charge in [0, 0.05) is 37.9 Å². The van der Waals surface area contributed by atoms with Gasteiger partial charge in [-0.25, -0.2) is 0 Å². The molecule has 2 saturated heterocycles. The van der Waals surface area contributed by atoms with Crippen molar-refractivity contribution < 1.29 is 14.3 Å². The van der Waals surface area contributed by atoms with Crippen molar-refractivity contribution in [3.63, 3.8) is 0 Å². The van der Waals surface area contributed by atoms with Gasteiger partial charge in [0.05, 0.1) is 11.7 Å². The van der Waals surface area contributed by atoms with Gasteiger partial charge in [0.1, 0.15) is 0 Å². The Morgan fingerprint density at radius 2 is 1.90 bits per heavy atom. The second-order valence-electron chi connectivity index (χ2n) is 8.47. The summed E-state index contributed by atoms with van der Waals surface area (Å²) in [5, 5.41) is 7.42. The molecule has 7 nitrogen and oxygen atoms in total. The first kappa shape index (κ1) is 19.3. The Hall–Kier alpha value is -2.67. The first-order valence-electron chi connectivity index (χ1n) is 11.1. The Labute approximate surface area is 176 Å². The molecule has 2 fully saturated rings. The summed E-state index contributed by atoms with van der Waals surface area (Å²) in [4.78, 5) is 30.1. The van der Waals surface area contributed by atoms with Crippen LogP contribution in [0.15, 0.2) is 30.3 Å². The van der Waals surface area contributed by atoms with Crippen molar-refractivity contribution in [3.8, 4) is 0 Å². The number of nitrogens with zero attached hydrogens (tertiary/aromatic N) is 3. The number of amides is 2. The lowest BCUT2D eigenvalue weighted by Gasteiger charge is -2.38. The minimum absolute atomic E-state index is 0.0333. The Morgan fingerprint density at radius 3 is 2.77 bits per heavy atom. The molecule has 0 bridgehead atoms. The topological polar surface area (TPSA) is 78.5 Å². The number of carbonyl (C=O) groups excluding carboxylic acids is 2. The third kappa shape index (κ3) is 3.51. The lowest BCUT2D eigenvalue weighted by atomic mass is 9.93. The number of para-hydroxylation sites is 1. The van der Waals surface area contributed by atoms with Crippen LogP contribution in [0.3, 0.4) is 0 Å². The number of hydrogen-bond donors (Lipinski definition) is 1. The molecule has 0 radical (unpaired) electrons. The molecule has 1 N–H and O–H groups in total. The Morgan fingerprint density at radius 1 is 1.07 bits per heavy atom. The summed E-state index contributed by atoms with van der Waals surface area (Å²) < 4.78 is 5.42. The number of benzene rings is 1. The van der Waals surface area contributed by atoms with E-state index in [1.54, 1.807) is 4.90 Å². The molecule has 1 aromatic carbocycles. The second-order valence-corrected chi connectivity index (χ2v) is 8.47. The van der Waals surface area contributed by atoms with Crippen molar-refractivity contribution in [2.24, 2.45) is 5.92 Å². The van der Waals surface area contributed by atoms with Crippen molar-refractivity contribution in [2.45, 2.75) is 44.6 Å². The number of nitrogens with one attached hydrogen (secondary N) is 1. The van der Waals surface area contributed by atoms with E-state index in [0.717, 1.165) is 56.5 Å². The van der Waals surface area contributed by atoms with Crippen molar-refractivity contribution in [1.29, 1.82) is 0 Å². The fraction of sp³-hybridized carbons (Fsp3) is 0.522. The molecule has 2 amide bonds. The number of hydrogen-bond acceptors (Lipinski definition) is 4.